The van der Waals surface area contributed by atoms with Gasteiger partial charge in [0.2, 0.25) is 0 Å². The van der Waals surface area contributed by atoms with E-state index in [4.69, 9.17) is 9.59 Å². The van der Waals surface area contributed by atoms with Crippen LogP contribution in [0.1, 0.15) is 27.1 Å². The molecule has 1 aromatic rings. The third kappa shape index (κ3) is 1.81. The van der Waals surface area contributed by atoms with Crippen molar-refractivity contribution in [2.75, 3.05) is 0 Å². The molecular formula is C10H6O4. The summed E-state index contributed by atoms with van der Waals surface area (Å²) in [5.41, 5.74) is 1.16. The van der Waals surface area contributed by atoms with Crippen LogP contribution in [0.25, 0.3) is 0 Å². The van der Waals surface area contributed by atoms with Gasteiger partial charge < -0.3 is 0 Å². The summed E-state index contributed by atoms with van der Waals surface area (Å²) in [4.78, 5) is 38.4. The summed E-state index contributed by atoms with van der Waals surface area (Å²) in [6, 6.07) is 6.94. The minimum atomic E-state index is -0.0504. The number of hydrogen-bond donors (Lipinski definition) is 0. The quantitative estimate of drug-likeness (QED) is 0.569. The third-order valence-corrected chi connectivity index (χ3v) is 1.85. The maximum Gasteiger partial charge on any atom is 0.373 e. The van der Waals surface area contributed by atoms with Gasteiger partial charge in [0.15, 0.2) is 11.6 Å². The van der Waals surface area contributed by atoms with Gasteiger partial charge in [0, 0.05) is 11.1 Å². The number of ketones is 2. The van der Waals surface area contributed by atoms with Gasteiger partial charge in [-0.05, 0) is 0 Å². The van der Waals surface area contributed by atoms with Gasteiger partial charge in [0.25, 0.3) is 0 Å². The number of benzene rings is 1. The van der Waals surface area contributed by atoms with Crippen molar-refractivity contribution in [3.63, 3.8) is 0 Å². The minimum Gasteiger partial charge on any atom is -0.294 e. The molecule has 0 fully saturated rings. The van der Waals surface area contributed by atoms with Crippen molar-refractivity contribution in [3.05, 3.63) is 35.4 Å². The van der Waals surface area contributed by atoms with E-state index in [1.165, 1.54) is 0 Å². The fourth-order valence-electron chi connectivity index (χ4n) is 1.31. The molecule has 0 radical (unpaired) electrons. The van der Waals surface area contributed by atoms with E-state index in [9.17, 15) is 9.59 Å². The van der Waals surface area contributed by atoms with E-state index in [0.29, 0.717) is 11.1 Å². The van der Waals surface area contributed by atoms with E-state index in [1.54, 1.807) is 24.3 Å². The molecule has 1 aromatic carbocycles. The fourth-order valence-corrected chi connectivity index (χ4v) is 1.31. The first kappa shape index (κ1) is 10.0. The molecule has 0 N–H and O–H groups in total. The first-order valence-electron chi connectivity index (χ1n) is 3.85. The van der Waals surface area contributed by atoms with E-state index >= 15 is 0 Å². The molecule has 0 saturated carbocycles. The van der Waals surface area contributed by atoms with Crippen LogP contribution >= 0.6 is 0 Å². The maximum atomic E-state index is 11.1. The Morgan fingerprint density at radius 2 is 1.29 bits per heavy atom. The summed E-state index contributed by atoms with van der Waals surface area (Å²) in [7, 11) is 0. The highest BCUT2D eigenvalue weighted by Gasteiger charge is 2.25. The SMILES string of the molecule is O=C1CC(=O)c2ccccc21.O=C=O. The van der Waals surface area contributed by atoms with Crippen molar-refractivity contribution < 1.29 is 19.2 Å². The van der Waals surface area contributed by atoms with E-state index in [2.05, 4.69) is 0 Å². The van der Waals surface area contributed by atoms with Gasteiger partial charge in [0.05, 0.1) is 6.42 Å². The molecule has 0 unspecified atom stereocenters. The second-order valence-corrected chi connectivity index (χ2v) is 2.65. The Labute approximate surface area is 79.5 Å². The molecule has 0 heterocycles. The molecule has 0 saturated heterocycles. The Morgan fingerprint density at radius 1 is 0.929 bits per heavy atom. The van der Waals surface area contributed by atoms with Crippen molar-refractivity contribution in [2.24, 2.45) is 0 Å². The molecule has 0 atom stereocenters. The lowest BCUT2D eigenvalue weighted by Crippen LogP contribution is -1.90. The summed E-state index contributed by atoms with van der Waals surface area (Å²) in [5.74, 6) is -0.101. The average molecular weight is 190 g/mol. The molecule has 4 heteroatoms. The molecule has 2 rings (SSSR count). The van der Waals surface area contributed by atoms with Gasteiger partial charge in [0.1, 0.15) is 0 Å². The number of carbonyl (C=O) groups excluding carboxylic acids is 4. The molecule has 14 heavy (non-hydrogen) atoms. The van der Waals surface area contributed by atoms with Crippen molar-refractivity contribution in [1.82, 2.24) is 0 Å². The topological polar surface area (TPSA) is 68.3 Å². The zero-order chi connectivity index (χ0) is 10.6. The number of fused-ring (bicyclic) bond motifs is 1. The second kappa shape index (κ2) is 4.25. The number of hydrogen-bond acceptors (Lipinski definition) is 4. The van der Waals surface area contributed by atoms with Crippen LogP contribution in [0.2, 0.25) is 0 Å². The first-order chi connectivity index (χ1) is 6.70. The molecule has 4 nitrogen and oxygen atoms in total. The summed E-state index contributed by atoms with van der Waals surface area (Å²) >= 11 is 0. The number of carbonyl (C=O) groups is 2. The fraction of sp³-hybridized carbons (Fsp3) is 0.100. The van der Waals surface area contributed by atoms with Crippen LogP contribution in [0.3, 0.4) is 0 Å². The maximum absolute atomic E-state index is 11.1. The number of rotatable bonds is 0. The van der Waals surface area contributed by atoms with Gasteiger partial charge in [-0.1, -0.05) is 24.3 Å². The van der Waals surface area contributed by atoms with Gasteiger partial charge in [-0.25, -0.2) is 0 Å². The van der Waals surface area contributed by atoms with E-state index in [-0.39, 0.29) is 24.1 Å². The molecule has 0 aromatic heterocycles. The summed E-state index contributed by atoms with van der Waals surface area (Å²) in [6.45, 7) is 0. The predicted molar refractivity (Wildman–Crippen MR) is 44.7 cm³/mol. The second-order valence-electron chi connectivity index (χ2n) is 2.65. The highest BCUT2D eigenvalue weighted by molar-refractivity contribution is 6.24. The molecule has 70 valence electrons. The van der Waals surface area contributed by atoms with Crippen molar-refractivity contribution in [1.29, 1.82) is 0 Å². The lowest BCUT2D eigenvalue weighted by molar-refractivity contribution is -0.191. The summed E-state index contributed by atoms with van der Waals surface area (Å²) in [6.07, 6.45) is 0.305. The van der Waals surface area contributed by atoms with E-state index in [0.717, 1.165) is 0 Å². The van der Waals surface area contributed by atoms with Crippen molar-refractivity contribution in [3.8, 4) is 0 Å². The molecule has 1 aliphatic rings. The van der Waals surface area contributed by atoms with Crippen LogP contribution < -0.4 is 0 Å². The lowest BCUT2D eigenvalue weighted by atomic mass is 10.1. The largest absolute Gasteiger partial charge is 0.373 e. The molecule has 0 spiro atoms. The molecule has 0 amide bonds. The van der Waals surface area contributed by atoms with Crippen LogP contribution in [0.4, 0.5) is 0 Å². The first-order valence-corrected chi connectivity index (χ1v) is 3.85. The molecular weight excluding hydrogens is 184 g/mol. The zero-order valence-electron chi connectivity index (χ0n) is 7.15. The van der Waals surface area contributed by atoms with Gasteiger partial charge >= 0.3 is 6.15 Å². The van der Waals surface area contributed by atoms with Crippen LogP contribution in [0, 0.1) is 0 Å². The standard InChI is InChI=1S/C9H6O2.CO2/c10-8-5-9(11)7-4-2-1-3-6(7)8;2-1-3/h1-4H,5H2;. The van der Waals surface area contributed by atoms with Crippen LogP contribution in [-0.4, -0.2) is 17.7 Å². The Kier molecular flexibility index (Phi) is 3.05. The Bertz CT molecular complexity index is 381. The highest BCUT2D eigenvalue weighted by Crippen LogP contribution is 2.20. The van der Waals surface area contributed by atoms with Gasteiger partial charge in [-0.3, -0.25) is 9.59 Å². The van der Waals surface area contributed by atoms with Crippen LogP contribution in [-0.2, 0) is 9.59 Å². The Balaban J connectivity index is 0.000000293. The Hall–Kier alpha value is -2.06. The zero-order valence-corrected chi connectivity index (χ0v) is 7.15. The van der Waals surface area contributed by atoms with Crippen LogP contribution in [0.15, 0.2) is 24.3 Å². The average Bonchev–Trinajstić information content (AvgIpc) is 2.45. The van der Waals surface area contributed by atoms with Crippen LogP contribution in [0.5, 0.6) is 0 Å². The molecule has 0 aliphatic heterocycles. The van der Waals surface area contributed by atoms with E-state index < -0.39 is 0 Å². The highest BCUT2D eigenvalue weighted by atomic mass is 16.2. The normalized spacial score (nSPS) is 12.6. The summed E-state index contributed by atoms with van der Waals surface area (Å²) in [5, 5.41) is 0. The lowest BCUT2D eigenvalue weighted by Gasteiger charge is -1.90. The van der Waals surface area contributed by atoms with E-state index in [1.807, 2.05) is 0 Å². The minimum absolute atomic E-state index is 0.0504. The predicted octanol–water partition coefficient (Wildman–Crippen LogP) is 0.872. The van der Waals surface area contributed by atoms with Gasteiger partial charge in [-0.15, -0.1) is 0 Å². The number of Topliss-reactive ketones (excluding diaryl/α,β-unsaturated/α-hetero) is 2. The van der Waals surface area contributed by atoms with Crippen molar-refractivity contribution >= 4 is 17.7 Å². The summed E-state index contributed by atoms with van der Waals surface area (Å²) < 4.78 is 0. The van der Waals surface area contributed by atoms with Crippen molar-refractivity contribution in [2.45, 2.75) is 6.42 Å². The Morgan fingerprint density at radius 3 is 1.64 bits per heavy atom. The van der Waals surface area contributed by atoms with Gasteiger partial charge in [-0.2, -0.15) is 9.59 Å². The third-order valence-electron chi connectivity index (χ3n) is 1.85. The molecule has 0 bridgehead atoms. The smallest absolute Gasteiger partial charge is 0.294 e. The molecule has 1 aliphatic carbocycles. The monoisotopic (exact) mass is 190 g/mol.